The van der Waals surface area contributed by atoms with Gasteiger partial charge < -0.3 is 10.6 Å². The first-order chi connectivity index (χ1) is 14.7. The number of nitrogens with zero attached hydrogens (tertiary/aromatic N) is 2. The van der Waals surface area contributed by atoms with Gasteiger partial charge in [0.2, 0.25) is 11.8 Å². The number of hydrogen-bond donors (Lipinski definition) is 4. The molecule has 4 rings (SSSR count). The molecule has 2 aliphatic carbocycles. The SMILES string of the molecule is O=C(Cc1n[nH]c2c1CCCC2)NCC#CCNC(=O)Cc1n[nH]c2c1CCCC2. The Morgan fingerprint density at radius 1 is 0.733 bits per heavy atom. The number of fused-ring (bicyclic) bond motifs is 2. The summed E-state index contributed by atoms with van der Waals surface area (Å²) in [6.45, 7) is 0.516. The summed E-state index contributed by atoms with van der Waals surface area (Å²) < 4.78 is 0. The molecule has 8 nitrogen and oxygen atoms in total. The fourth-order valence-corrected chi connectivity index (χ4v) is 4.23. The largest absolute Gasteiger partial charge is 0.345 e. The molecule has 0 fully saturated rings. The molecule has 0 bridgehead atoms. The summed E-state index contributed by atoms with van der Waals surface area (Å²) in [5.74, 6) is 5.58. The van der Waals surface area contributed by atoms with Gasteiger partial charge in [0.25, 0.3) is 0 Å². The van der Waals surface area contributed by atoms with E-state index < -0.39 is 0 Å². The number of rotatable bonds is 6. The minimum atomic E-state index is -0.0866. The molecule has 2 aromatic rings. The van der Waals surface area contributed by atoms with Gasteiger partial charge in [-0.1, -0.05) is 11.8 Å². The van der Waals surface area contributed by atoms with Gasteiger partial charge in [-0.05, 0) is 62.5 Å². The zero-order chi connectivity index (χ0) is 20.8. The van der Waals surface area contributed by atoms with E-state index in [0.717, 1.165) is 49.9 Å². The van der Waals surface area contributed by atoms with Crippen molar-refractivity contribution in [2.24, 2.45) is 0 Å². The first kappa shape index (κ1) is 20.2. The van der Waals surface area contributed by atoms with E-state index in [1.165, 1.54) is 35.4 Å². The van der Waals surface area contributed by atoms with Crippen LogP contribution in [0.5, 0.6) is 0 Å². The summed E-state index contributed by atoms with van der Waals surface area (Å²) >= 11 is 0. The number of amides is 2. The summed E-state index contributed by atoms with van der Waals surface area (Å²) in [6, 6.07) is 0. The van der Waals surface area contributed by atoms with Crippen LogP contribution in [-0.4, -0.2) is 45.3 Å². The van der Waals surface area contributed by atoms with Gasteiger partial charge in [0.05, 0.1) is 37.3 Å². The van der Waals surface area contributed by atoms with Crippen LogP contribution in [0.4, 0.5) is 0 Å². The van der Waals surface area contributed by atoms with Crippen LogP contribution in [0.1, 0.15) is 59.6 Å². The second kappa shape index (κ2) is 9.61. The fourth-order valence-electron chi connectivity index (χ4n) is 4.23. The minimum Gasteiger partial charge on any atom is -0.345 e. The van der Waals surface area contributed by atoms with Gasteiger partial charge in [-0.25, -0.2) is 0 Å². The molecule has 2 aliphatic rings. The van der Waals surface area contributed by atoms with Crippen LogP contribution in [0.2, 0.25) is 0 Å². The lowest BCUT2D eigenvalue weighted by Gasteiger charge is -2.10. The van der Waals surface area contributed by atoms with Crippen LogP contribution < -0.4 is 10.6 Å². The van der Waals surface area contributed by atoms with Crippen molar-refractivity contribution in [2.75, 3.05) is 13.1 Å². The lowest BCUT2D eigenvalue weighted by Crippen LogP contribution is -2.27. The number of carbonyl (C=O) groups excluding carboxylic acids is 2. The van der Waals surface area contributed by atoms with Gasteiger partial charge in [0.15, 0.2) is 0 Å². The van der Waals surface area contributed by atoms with E-state index in [0.29, 0.717) is 0 Å². The predicted molar refractivity (Wildman–Crippen MR) is 112 cm³/mol. The predicted octanol–water partition coefficient (Wildman–Crippen LogP) is 0.911. The molecule has 0 aromatic carbocycles. The number of hydrogen-bond acceptors (Lipinski definition) is 4. The average Bonchev–Trinajstić information content (AvgIpc) is 3.35. The van der Waals surface area contributed by atoms with Crippen molar-refractivity contribution < 1.29 is 9.59 Å². The second-order valence-corrected chi connectivity index (χ2v) is 7.93. The third-order valence-corrected chi connectivity index (χ3v) is 5.81. The van der Waals surface area contributed by atoms with E-state index in [1.807, 2.05) is 0 Å². The maximum atomic E-state index is 12.1. The normalized spacial score (nSPS) is 14.8. The summed E-state index contributed by atoms with van der Waals surface area (Å²) in [5.41, 5.74) is 6.47. The van der Waals surface area contributed by atoms with E-state index in [-0.39, 0.29) is 37.7 Å². The third kappa shape index (κ3) is 4.90. The molecule has 4 N–H and O–H groups in total. The molecule has 2 aromatic heterocycles. The Morgan fingerprint density at radius 2 is 1.17 bits per heavy atom. The standard InChI is InChI=1S/C22H28N6O2/c29-21(13-19-15-7-1-3-9-17(15)25-27-19)23-11-5-6-12-24-22(30)14-20-16-8-2-4-10-18(16)26-28-20/h1-4,7-14H2,(H,23,29)(H,24,30)(H,25,27)(H,26,28). The van der Waals surface area contributed by atoms with Crippen molar-refractivity contribution in [3.63, 3.8) is 0 Å². The highest BCUT2D eigenvalue weighted by Gasteiger charge is 2.19. The molecule has 0 saturated heterocycles. The zero-order valence-corrected chi connectivity index (χ0v) is 17.2. The number of aryl methyl sites for hydroxylation is 2. The number of H-pyrrole nitrogens is 2. The van der Waals surface area contributed by atoms with Crippen LogP contribution in [0.25, 0.3) is 0 Å². The Hall–Kier alpha value is -3.08. The summed E-state index contributed by atoms with van der Waals surface area (Å²) in [6.07, 6.45) is 9.24. The highest BCUT2D eigenvalue weighted by atomic mass is 16.2. The third-order valence-electron chi connectivity index (χ3n) is 5.81. The van der Waals surface area contributed by atoms with Crippen LogP contribution in [0.15, 0.2) is 0 Å². The quantitative estimate of drug-likeness (QED) is 0.532. The van der Waals surface area contributed by atoms with E-state index >= 15 is 0 Å². The lowest BCUT2D eigenvalue weighted by molar-refractivity contribution is -0.121. The molecule has 0 aliphatic heterocycles. The topological polar surface area (TPSA) is 116 Å². The highest BCUT2D eigenvalue weighted by molar-refractivity contribution is 5.79. The Morgan fingerprint density at radius 3 is 1.63 bits per heavy atom. The second-order valence-electron chi connectivity index (χ2n) is 7.93. The van der Waals surface area contributed by atoms with Crippen molar-refractivity contribution in [3.05, 3.63) is 33.9 Å². The van der Waals surface area contributed by atoms with E-state index in [2.05, 4.69) is 42.9 Å². The van der Waals surface area contributed by atoms with Crippen molar-refractivity contribution in [2.45, 2.75) is 64.2 Å². The van der Waals surface area contributed by atoms with Crippen molar-refractivity contribution in [1.82, 2.24) is 31.0 Å². The molecule has 0 atom stereocenters. The lowest BCUT2D eigenvalue weighted by atomic mass is 9.95. The molecule has 0 spiro atoms. The zero-order valence-electron chi connectivity index (χ0n) is 17.2. The summed E-state index contributed by atoms with van der Waals surface area (Å²) in [5, 5.41) is 20.3. The monoisotopic (exact) mass is 408 g/mol. The smallest absolute Gasteiger partial charge is 0.226 e. The van der Waals surface area contributed by atoms with Crippen molar-refractivity contribution in [1.29, 1.82) is 0 Å². The Balaban J connectivity index is 1.15. The van der Waals surface area contributed by atoms with E-state index in [1.54, 1.807) is 0 Å². The fraction of sp³-hybridized carbons (Fsp3) is 0.545. The van der Waals surface area contributed by atoms with Gasteiger partial charge in [0, 0.05) is 11.4 Å². The van der Waals surface area contributed by atoms with Crippen molar-refractivity contribution >= 4 is 11.8 Å². The summed E-state index contributed by atoms with van der Waals surface area (Å²) in [7, 11) is 0. The first-order valence-electron chi connectivity index (χ1n) is 10.8. The Bertz CT molecular complexity index is 901. The first-order valence-corrected chi connectivity index (χ1v) is 10.8. The molecule has 158 valence electrons. The molecule has 0 radical (unpaired) electrons. The maximum absolute atomic E-state index is 12.1. The molecule has 2 amide bonds. The van der Waals surface area contributed by atoms with Gasteiger partial charge >= 0.3 is 0 Å². The van der Waals surface area contributed by atoms with E-state index in [9.17, 15) is 9.59 Å². The van der Waals surface area contributed by atoms with E-state index in [4.69, 9.17) is 0 Å². The molecule has 8 heteroatoms. The highest BCUT2D eigenvalue weighted by Crippen LogP contribution is 2.23. The number of aromatic nitrogens is 4. The number of carbonyl (C=O) groups is 2. The molecule has 0 unspecified atom stereocenters. The molecular weight excluding hydrogens is 380 g/mol. The van der Waals surface area contributed by atoms with Crippen LogP contribution in [-0.2, 0) is 48.1 Å². The maximum Gasteiger partial charge on any atom is 0.226 e. The number of nitrogens with one attached hydrogen (secondary N) is 4. The molecule has 0 saturated carbocycles. The van der Waals surface area contributed by atoms with Crippen LogP contribution in [0.3, 0.4) is 0 Å². The van der Waals surface area contributed by atoms with Crippen molar-refractivity contribution in [3.8, 4) is 11.8 Å². The van der Waals surface area contributed by atoms with Crippen LogP contribution in [0, 0.1) is 11.8 Å². The van der Waals surface area contributed by atoms with Gasteiger partial charge in [-0.2, -0.15) is 10.2 Å². The van der Waals surface area contributed by atoms with Gasteiger partial charge in [-0.15, -0.1) is 0 Å². The average molecular weight is 409 g/mol. The minimum absolute atomic E-state index is 0.0866. The Labute approximate surface area is 176 Å². The van der Waals surface area contributed by atoms with Gasteiger partial charge in [-0.3, -0.25) is 19.8 Å². The molecular formula is C22H28N6O2. The van der Waals surface area contributed by atoms with Crippen LogP contribution >= 0.6 is 0 Å². The molecule has 30 heavy (non-hydrogen) atoms. The molecule has 2 heterocycles. The van der Waals surface area contributed by atoms with Gasteiger partial charge in [0.1, 0.15) is 0 Å². The Kier molecular flexibility index (Phi) is 6.47. The summed E-state index contributed by atoms with van der Waals surface area (Å²) in [4.78, 5) is 24.2. The number of aromatic amines is 2.